The molecule has 1 N–H and O–H groups in total. The van der Waals surface area contributed by atoms with Crippen molar-refractivity contribution >= 4 is 5.91 Å². The fraction of sp³-hybridized carbons (Fsp3) is 0.571. The van der Waals surface area contributed by atoms with Crippen molar-refractivity contribution < 1.29 is 4.79 Å². The first-order chi connectivity index (χ1) is 8.88. The van der Waals surface area contributed by atoms with E-state index in [4.69, 9.17) is 0 Å². The van der Waals surface area contributed by atoms with E-state index in [1.807, 2.05) is 4.90 Å². The first kappa shape index (κ1) is 13.8. The molecule has 0 aromatic carbocycles. The molecule has 0 radical (unpaired) electrons. The fourth-order valence-corrected chi connectivity index (χ4v) is 2.34. The maximum Gasteiger partial charge on any atom is 0.254 e. The van der Waals surface area contributed by atoms with Gasteiger partial charge in [-0.3, -0.25) is 14.5 Å². The van der Waals surface area contributed by atoms with E-state index in [1.165, 1.54) is 12.3 Å². The minimum absolute atomic E-state index is 0.0559. The SMILES string of the molecule is CC(C)(C)N1CCN(C(=O)c2cc[nH]c(=O)c2)CC1. The highest BCUT2D eigenvalue weighted by atomic mass is 16.2. The number of amides is 1. The van der Waals surface area contributed by atoms with Gasteiger partial charge in [0.05, 0.1) is 0 Å². The Kier molecular flexibility index (Phi) is 3.75. The number of H-pyrrole nitrogens is 1. The highest BCUT2D eigenvalue weighted by Crippen LogP contribution is 2.16. The molecule has 1 aromatic heterocycles. The normalized spacial score (nSPS) is 17.5. The van der Waals surface area contributed by atoms with Crippen LogP contribution in [0, 0.1) is 0 Å². The first-order valence-corrected chi connectivity index (χ1v) is 6.61. The maximum absolute atomic E-state index is 12.3. The van der Waals surface area contributed by atoms with E-state index in [0.29, 0.717) is 18.7 Å². The lowest BCUT2D eigenvalue weighted by atomic mass is 10.0. The van der Waals surface area contributed by atoms with E-state index < -0.39 is 0 Å². The van der Waals surface area contributed by atoms with Gasteiger partial charge in [0.25, 0.3) is 5.91 Å². The van der Waals surface area contributed by atoms with Crippen molar-refractivity contribution in [1.82, 2.24) is 14.8 Å². The van der Waals surface area contributed by atoms with Crippen LogP contribution >= 0.6 is 0 Å². The van der Waals surface area contributed by atoms with Crippen molar-refractivity contribution in [3.63, 3.8) is 0 Å². The third-order valence-corrected chi connectivity index (χ3v) is 3.54. The van der Waals surface area contributed by atoms with Gasteiger partial charge in [0.1, 0.15) is 0 Å². The van der Waals surface area contributed by atoms with Gasteiger partial charge < -0.3 is 9.88 Å². The van der Waals surface area contributed by atoms with E-state index >= 15 is 0 Å². The van der Waals surface area contributed by atoms with Crippen LogP contribution in [0.15, 0.2) is 23.1 Å². The number of pyridine rings is 1. The molecule has 0 saturated carbocycles. The second kappa shape index (κ2) is 5.17. The molecule has 0 bridgehead atoms. The van der Waals surface area contributed by atoms with Gasteiger partial charge in [0.15, 0.2) is 0 Å². The van der Waals surface area contributed by atoms with Gasteiger partial charge in [-0.15, -0.1) is 0 Å². The van der Waals surface area contributed by atoms with Crippen molar-refractivity contribution in [3.8, 4) is 0 Å². The van der Waals surface area contributed by atoms with E-state index in [-0.39, 0.29) is 17.0 Å². The van der Waals surface area contributed by atoms with Crippen molar-refractivity contribution in [3.05, 3.63) is 34.2 Å². The quantitative estimate of drug-likeness (QED) is 0.820. The van der Waals surface area contributed by atoms with Gasteiger partial charge in [0.2, 0.25) is 5.56 Å². The number of rotatable bonds is 1. The van der Waals surface area contributed by atoms with Crippen LogP contribution in [0.25, 0.3) is 0 Å². The summed E-state index contributed by atoms with van der Waals surface area (Å²) in [5.41, 5.74) is 0.367. The van der Waals surface area contributed by atoms with Crippen LogP contribution in [-0.2, 0) is 0 Å². The van der Waals surface area contributed by atoms with Crippen molar-refractivity contribution in [2.45, 2.75) is 26.3 Å². The van der Waals surface area contributed by atoms with Gasteiger partial charge in [0, 0.05) is 49.5 Å². The standard InChI is InChI=1S/C14H21N3O2/c1-14(2,3)17-8-6-16(7-9-17)13(19)11-4-5-15-12(18)10-11/h4-5,10H,6-9H2,1-3H3,(H,15,18). The smallest absolute Gasteiger partial charge is 0.254 e. The van der Waals surface area contributed by atoms with Gasteiger partial charge in [-0.1, -0.05) is 0 Å². The lowest BCUT2D eigenvalue weighted by molar-refractivity contribution is 0.0451. The molecule has 0 atom stereocenters. The summed E-state index contributed by atoms with van der Waals surface area (Å²) in [4.78, 5) is 30.2. The molecule has 1 fully saturated rings. The zero-order valence-corrected chi connectivity index (χ0v) is 11.8. The minimum atomic E-state index is -0.237. The average molecular weight is 263 g/mol. The molecule has 5 nitrogen and oxygen atoms in total. The summed E-state index contributed by atoms with van der Waals surface area (Å²) in [5.74, 6) is -0.0559. The number of aromatic amines is 1. The van der Waals surface area contributed by atoms with Crippen LogP contribution < -0.4 is 5.56 Å². The van der Waals surface area contributed by atoms with Gasteiger partial charge in [-0.25, -0.2) is 0 Å². The van der Waals surface area contributed by atoms with Gasteiger partial charge in [-0.05, 0) is 26.8 Å². The zero-order valence-electron chi connectivity index (χ0n) is 11.8. The molecule has 1 amide bonds. The zero-order chi connectivity index (χ0) is 14.0. The maximum atomic E-state index is 12.3. The molecule has 104 valence electrons. The summed E-state index contributed by atoms with van der Waals surface area (Å²) in [6.07, 6.45) is 1.51. The molecule has 2 rings (SSSR count). The summed E-state index contributed by atoms with van der Waals surface area (Å²) >= 11 is 0. The number of hydrogen-bond donors (Lipinski definition) is 1. The van der Waals surface area contributed by atoms with Crippen molar-refractivity contribution in [2.75, 3.05) is 26.2 Å². The third-order valence-electron chi connectivity index (χ3n) is 3.54. The second-order valence-electron chi connectivity index (χ2n) is 5.89. The highest BCUT2D eigenvalue weighted by Gasteiger charge is 2.28. The van der Waals surface area contributed by atoms with Gasteiger partial charge in [-0.2, -0.15) is 0 Å². The molecule has 19 heavy (non-hydrogen) atoms. The Hall–Kier alpha value is -1.62. The Morgan fingerprint density at radius 3 is 2.37 bits per heavy atom. The van der Waals surface area contributed by atoms with Crippen LogP contribution in [0.1, 0.15) is 31.1 Å². The molecule has 0 unspecified atom stereocenters. The molecule has 0 spiro atoms. The average Bonchev–Trinajstić information content (AvgIpc) is 2.37. The molecule has 1 aromatic rings. The number of aromatic nitrogens is 1. The summed E-state index contributed by atoms with van der Waals surface area (Å²) in [5, 5.41) is 0. The summed E-state index contributed by atoms with van der Waals surface area (Å²) in [6, 6.07) is 3.01. The number of carbonyl (C=O) groups excluding carboxylic acids is 1. The topological polar surface area (TPSA) is 56.4 Å². The monoisotopic (exact) mass is 263 g/mol. The van der Waals surface area contributed by atoms with Gasteiger partial charge >= 0.3 is 0 Å². The number of hydrogen-bond acceptors (Lipinski definition) is 3. The van der Waals surface area contributed by atoms with E-state index in [2.05, 4.69) is 30.7 Å². The van der Waals surface area contributed by atoms with Crippen molar-refractivity contribution in [2.24, 2.45) is 0 Å². The second-order valence-corrected chi connectivity index (χ2v) is 5.89. The minimum Gasteiger partial charge on any atom is -0.336 e. The van der Waals surface area contributed by atoms with Crippen LogP contribution in [0.4, 0.5) is 0 Å². The Balaban J connectivity index is 2.02. The lowest BCUT2D eigenvalue weighted by Gasteiger charge is -2.42. The Labute approximate surface area is 113 Å². The van der Waals surface area contributed by atoms with E-state index in [9.17, 15) is 9.59 Å². The molecule has 5 heteroatoms. The third kappa shape index (κ3) is 3.23. The molecule has 0 aliphatic carbocycles. The lowest BCUT2D eigenvalue weighted by Crippen LogP contribution is -2.54. The van der Waals surface area contributed by atoms with Crippen LogP contribution in [-0.4, -0.2) is 52.4 Å². The molecule has 1 saturated heterocycles. The number of nitrogens with zero attached hydrogens (tertiary/aromatic N) is 2. The number of nitrogens with one attached hydrogen (secondary N) is 1. The van der Waals surface area contributed by atoms with Crippen LogP contribution in [0.5, 0.6) is 0 Å². The number of carbonyl (C=O) groups is 1. The Bertz CT molecular complexity index is 508. The summed E-state index contributed by atoms with van der Waals surface area (Å²) in [7, 11) is 0. The van der Waals surface area contributed by atoms with Crippen LogP contribution in [0.3, 0.4) is 0 Å². The Morgan fingerprint density at radius 1 is 1.21 bits per heavy atom. The summed E-state index contributed by atoms with van der Waals surface area (Å²) in [6.45, 7) is 9.71. The predicted octanol–water partition coefficient (Wildman–Crippen LogP) is 0.931. The predicted molar refractivity (Wildman–Crippen MR) is 74.3 cm³/mol. The van der Waals surface area contributed by atoms with E-state index in [0.717, 1.165) is 13.1 Å². The molecular formula is C14H21N3O2. The highest BCUT2D eigenvalue weighted by molar-refractivity contribution is 5.94. The first-order valence-electron chi connectivity index (χ1n) is 6.61. The van der Waals surface area contributed by atoms with E-state index in [1.54, 1.807) is 6.07 Å². The number of piperazine rings is 1. The van der Waals surface area contributed by atoms with Crippen LogP contribution in [0.2, 0.25) is 0 Å². The Morgan fingerprint density at radius 2 is 1.84 bits per heavy atom. The molecular weight excluding hydrogens is 242 g/mol. The summed E-state index contributed by atoms with van der Waals surface area (Å²) < 4.78 is 0. The molecule has 1 aliphatic heterocycles. The molecule has 2 heterocycles. The van der Waals surface area contributed by atoms with Crippen molar-refractivity contribution in [1.29, 1.82) is 0 Å². The fourth-order valence-electron chi connectivity index (χ4n) is 2.34. The molecule has 1 aliphatic rings. The largest absolute Gasteiger partial charge is 0.336 e.